The molecule has 33 heavy (non-hydrogen) atoms. The van der Waals surface area contributed by atoms with Crippen LogP contribution in [0.1, 0.15) is 41.0 Å². The van der Waals surface area contributed by atoms with Crippen LogP contribution in [0.4, 0.5) is 5.13 Å². The Hall–Kier alpha value is -3.78. The van der Waals surface area contributed by atoms with Crippen LogP contribution in [0.25, 0.3) is 11.4 Å². The molecule has 0 spiro atoms. The van der Waals surface area contributed by atoms with Crippen molar-refractivity contribution < 1.29 is 14.7 Å². The lowest BCUT2D eigenvalue weighted by atomic mass is 9.95. The molecule has 3 aromatic heterocycles. The lowest BCUT2D eigenvalue weighted by molar-refractivity contribution is -0.132. The second kappa shape index (κ2) is 7.97. The average Bonchev–Trinajstić information content (AvgIpc) is 3.53. The van der Waals surface area contributed by atoms with Gasteiger partial charge in [0.1, 0.15) is 11.3 Å². The normalized spacial score (nSPS) is 17.9. The van der Waals surface area contributed by atoms with E-state index in [1.54, 1.807) is 11.6 Å². The lowest BCUT2D eigenvalue weighted by Crippen LogP contribution is -2.29. The maximum atomic E-state index is 13.3. The highest BCUT2D eigenvalue weighted by atomic mass is 32.1. The maximum absolute atomic E-state index is 13.3. The molecule has 0 saturated carbocycles. The van der Waals surface area contributed by atoms with Gasteiger partial charge in [-0.1, -0.05) is 37.3 Å². The Kier molecular flexibility index (Phi) is 5.09. The summed E-state index contributed by atoms with van der Waals surface area (Å²) in [4.78, 5) is 36.7. The fraction of sp³-hybridized carbons (Fsp3) is 0.200. The van der Waals surface area contributed by atoms with Crippen molar-refractivity contribution in [2.75, 3.05) is 4.90 Å². The number of aliphatic hydroxyl groups excluding tert-OH is 1. The number of aryl methyl sites for hydroxylation is 3. The molecular formula is C25H22N4O3S. The zero-order chi connectivity index (χ0) is 23.3. The molecule has 1 aliphatic heterocycles. The Balaban J connectivity index is 1.75. The number of benzene rings is 1. The van der Waals surface area contributed by atoms with E-state index in [0.29, 0.717) is 16.5 Å². The molecule has 1 aliphatic rings. The minimum Gasteiger partial charge on any atom is -0.505 e. The average molecular weight is 459 g/mol. The van der Waals surface area contributed by atoms with E-state index < -0.39 is 17.7 Å². The van der Waals surface area contributed by atoms with Gasteiger partial charge in [0.2, 0.25) is 0 Å². The highest BCUT2D eigenvalue weighted by molar-refractivity contribution is 7.14. The van der Waals surface area contributed by atoms with Gasteiger partial charge in [0, 0.05) is 17.8 Å². The van der Waals surface area contributed by atoms with E-state index in [2.05, 4.69) is 16.9 Å². The van der Waals surface area contributed by atoms with E-state index in [0.717, 1.165) is 23.1 Å². The third-order valence-electron chi connectivity index (χ3n) is 6.08. The molecule has 0 radical (unpaired) electrons. The van der Waals surface area contributed by atoms with Crippen molar-refractivity contribution in [3.05, 3.63) is 87.8 Å². The third-order valence-corrected chi connectivity index (χ3v) is 6.85. The van der Waals surface area contributed by atoms with Crippen LogP contribution in [0.15, 0.2) is 59.7 Å². The first-order chi connectivity index (χ1) is 15.9. The van der Waals surface area contributed by atoms with Crippen LogP contribution in [0.3, 0.4) is 0 Å². The Bertz CT molecular complexity index is 1420. The second-order valence-electron chi connectivity index (χ2n) is 8.01. The number of thiazole rings is 1. The molecule has 1 unspecified atom stereocenters. The van der Waals surface area contributed by atoms with E-state index >= 15 is 0 Å². The number of amides is 1. The van der Waals surface area contributed by atoms with Crippen LogP contribution in [0, 0.1) is 13.8 Å². The number of hydrogen-bond acceptors (Lipinski definition) is 6. The van der Waals surface area contributed by atoms with Crippen LogP contribution in [-0.4, -0.2) is 31.2 Å². The monoisotopic (exact) mass is 458 g/mol. The number of Topliss-reactive ketones (excluding diaryl/α,β-unsaturated/α-hetero) is 1. The first-order valence-electron chi connectivity index (χ1n) is 10.7. The molecule has 1 atom stereocenters. The number of nitrogens with zero attached hydrogens (tertiary/aromatic N) is 4. The highest BCUT2D eigenvalue weighted by Crippen LogP contribution is 2.43. The molecule has 1 amide bonds. The molecule has 5 rings (SSSR count). The Morgan fingerprint density at radius 2 is 1.91 bits per heavy atom. The van der Waals surface area contributed by atoms with Crippen molar-refractivity contribution in [3.63, 3.8) is 0 Å². The van der Waals surface area contributed by atoms with Gasteiger partial charge in [-0.3, -0.25) is 14.5 Å². The van der Waals surface area contributed by atoms with E-state index in [4.69, 9.17) is 0 Å². The highest BCUT2D eigenvalue weighted by Gasteiger charge is 2.48. The number of carbonyl (C=O) groups excluding carboxylic acids is 2. The number of anilines is 1. The van der Waals surface area contributed by atoms with Gasteiger partial charge in [0.25, 0.3) is 5.78 Å². The number of imidazole rings is 1. The van der Waals surface area contributed by atoms with Crippen LogP contribution >= 0.6 is 11.3 Å². The summed E-state index contributed by atoms with van der Waals surface area (Å²) in [5.74, 6) is -1.74. The summed E-state index contributed by atoms with van der Waals surface area (Å²) in [6.45, 7) is 5.82. The Morgan fingerprint density at radius 1 is 1.15 bits per heavy atom. The molecule has 1 N–H and O–H groups in total. The SMILES string of the molecule is CCc1ccc(C2/C(=C(\O)c3nc4c(C)cccn4c3C)C(=O)C(=O)N2c2nccs2)cc1. The fourth-order valence-corrected chi connectivity index (χ4v) is 4.96. The van der Waals surface area contributed by atoms with Crippen LogP contribution in [0.5, 0.6) is 0 Å². The number of rotatable bonds is 4. The van der Waals surface area contributed by atoms with Crippen LogP contribution in [0.2, 0.25) is 0 Å². The predicted molar refractivity (Wildman–Crippen MR) is 127 cm³/mol. The first-order valence-corrected chi connectivity index (χ1v) is 11.5. The van der Waals surface area contributed by atoms with Crippen molar-refractivity contribution in [2.45, 2.75) is 33.2 Å². The van der Waals surface area contributed by atoms with Crippen molar-refractivity contribution in [1.29, 1.82) is 0 Å². The molecule has 4 heterocycles. The molecule has 8 heteroatoms. The molecule has 1 fully saturated rings. The third kappa shape index (κ3) is 3.25. The summed E-state index contributed by atoms with van der Waals surface area (Å²) in [7, 11) is 0. The zero-order valence-electron chi connectivity index (χ0n) is 18.4. The number of carbonyl (C=O) groups is 2. The minimum atomic E-state index is -0.799. The lowest BCUT2D eigenvalue weighted by Gasteiger charge is -2.23. The number of hydrogen-bond donors (Lipinski definition) is 1. The van der Waals surface area contributed by atoms with Gasteiger partial charge < -0.3 is 9.51 Å². The molecule has 0 bridgehead atoms. The van der Waals surface area contributed by atoms with Gasteiger partial charge in [-0.25, -0.2) is 9.97 Å². The van der Waals surface area contributed by atoms with Gasteiger partial charge in [0.15, 0.2) is 10.9 Å². The summed E-state index contributed by atoms with van der Waals surface area (Å²) in [6, 6.07) is 10.8. The predicted octanol–water partition coefficient (Wildman–Crippen LogP) is 4.60. The van der Waals surface area contributed by atoms with Gasteiger partial charge in [-0.15, -0.1) is 11.3 Å². The first kappa shape index (κ1) is 21.1. The van der Waals surface area contributed by atoms with Gasteiger partial charge in [-0.2, -0.15) is 0 Å². The molecule has 1 aromatic carbocycles. The number of aliphatic hydroxyl groups is 1. The van der Waals surface area contributed by atoms with Crippen molar-refractivity contribution in [3.8, 4) is 0 Å². The molecule has 1 saturated heterocycles. The summed E-state index contributed by atoms with van der Waals surface area (Å²) < 4.78 is 1.87. The van der Waals surface area contributed by atoms with Crippen LogP contribution in [-0.2, 0) is 16.0 Å². The quantitative estimate of drug-likeness (QED) is 0.274. The number of pyridine rings is 1. The summed E-state index contributed by atoms with van der Waals surface area (Å²) in [6.07, 6.45) is 4.31. The Morgan fingerprint density at radius 3 is 2.55 bits per heavy atom. The number of fused-ring (bicyclic) bond motifs is 1. The van der Waals surface area contributed by atoms with Gasteiger partial charge in [0.05, 0.1) is 17.3 Å². The maximum Gasteiger partial charge on any atom is 0.301 e. The van der Waals surface area contributed by atoms with E-state index in [9.17, 15) is 14.7 Å². The summed E-state index contributed by atoms with van der Waals surface area (Å²) in [5.41, 5.74) is 4.48. The molecule has 4 aromatic rings. The summed E-state index contributed by atoms with van der Waals surface area (Å²) in [5, 5.41) is 13.6. The topological polar surface area (TPSA) is 87.8 Å². The Labute approximate surface area is 194 Å². The number of aromatic nitrogens is 3. The van der Waals surface area contributed by atoms with Gasteiger partial charge in [-0.05, 0) is 43.0 Å². The molecule has 166 valence electrons. The van der Waals surface area contributed by atoms with Crippen LogP contribution < -0.4 is 4.90 Å². The van der Waals surface area contributed by atoms with Gasteiger partial charge >= 0.3 is 5.91 Å². The smallest absolute Gasteiger partial charge is 0.301 e. The number of ketones is 1. The van der Waals surface area contributed by atoms with Crippen molar-refractivity contribution >= 4 is 39.6 Å². The second-order valence-corrected chi connectivity index (χ2v) is 8.88. The molecule has 0 aliphatic carbocycles. The van der Waals surface area contributed by atoms with E-state index in [-0.39, 0.29) is 17.0 Å². The fourth-order valence-electron chi connectivity index (χ4n) is 4.29. The largest absolute Gasteiger partial charge is 0.505 e. The zero-order valence-corrected chi connectivity index (χ0v) is 19.3. The molecular weight excluding hydrogens is 436 g/mol. The van der Waals surface area contributed by atoms with Crippen molar-refractivity contribution in [2.24, 2.45) is 0 Å². The van der Waals surface area contributed by atoms with Crippen molar-refractivity contribution in [1.82, 2.24) is 14.4 Å². The molecule has 7 nitrogen and oxygen atoms in total. The van der Waals surface area contributed by atoms with E-state index in [1.807, 2.05) is 60.8 Å². The summed E-state index contributed by atoms with van der Waals surface area (Å²) >= 11 is 1.27. The minimum absolute atomic E-state index is 0.0172. The van der Waals surface area contributed by atoms with E-state index in [1.165, 1.54) is 16.2 Å². The standard InChI is InChI=1S/C25H22N4O3S/c1-4-16-7-9-17(10-8-16)20-18(22(31)24(32)29(20)25-26-11-13-33-25)21(30)19-15(3)28-12-5-6-14(2)23(28)27-19/h5-13,20,30H,4H2,1-3H3/b21-18+.